The van der Waals surface area contributed by atoms with E-state index in [0.29, 0.717) is 0 Å². The highest BCUT2D eigenvalue weighted by atomic mass is 16.8. The molecule has 23 heavy (non-hydrogen) atoms. The fourth-order valence-electron chi connectivity index (χ4n) is 4.06. The Bertz CT molecular complexity index is 626. The van der Waals surface area contributed by atoms with Crippen molar-refractivity contribution in [2.45, 2.75) is 56.0 Å². The van der Waals surface area contributed by atoms with Crippen molar-refractivity contribution >= 4 is 7.12 Å². The van der Waals surface area contributed by atoms with Crippen molar-refractivity contribution < 1.29 is 28.3 Å². The first-order valence-electron chi connectivity index (χ1n) is 8.01. The van der Waals surface area contributed by atoms with Crippen LogP contribution in [0.4, 0.5) is 0 Å². The number of fused-ring (bicyclic) bond motifs is 3. The second-order valence-corrected chi connectivity index (χ2v) is 7.06. The van der Waals surface area contributed by atoms with Gasteiger partial charge in [0.2, 0.25) is 0 Å². The molecule has 0 bridgehead atoms. The van der Waals surface area contributed by atoms with E-state index in [1.165, 1.54) is 0 Å². The molecule has 3 fully saturated rings. The lowest BCUT2D eigenvalue weighted by Crippen LogP contribution is -2.37. The van der Waals surface area contributed by atoms with Gasteiger partial charge in [-0.2, -0.15) is 0 Å². The molecule has 2 saturated heterocycles. The number of hydrogen-bond donors (Lipinski definition) is 0. The highest BCUT2D eigenvalue weighted by molar-refractivity contribution is 6.51. The number of para-hydroxylation sites is 2. The van der Waals surface area contributed by atoms with E-state index in [9.17, 15) is 0 Å². The summed E-state index contributed by atoms with van der Waals surface area (Å²) in [7, 11) is 1.28. The predicted octanol–water partition coefficient (Wildman–Crippen LogP) is 1.98. The van der Waals surface area contributed by atoms with Gasteiger partial charge < -0.3 is 28.3 Å². The van der Waals surface area contributed by atoms with Gasteiger partial charge in [-0.15, -0.1) is 0 Å². The van der Waals surface area contributed by atoms with Crippen molar-refractivity contribution in [1.29, 1.82) is 0 Å². The van der Waals surface area contributed by atoms with Crippen LogP contribution in [0.2, 0.25) is 5.82 Å². The average Bonchev–Trinajstić information content (AvgIpc) is 2.80. The first-order valence-corrected chi connectivity index (χ1v) is 8.01. The summed E-state index contributed by atoms with van der Waals surface area (Å²) in [5, 5.41) is 0. The van der Waals surface area contributed by atoms with Crippen molar-refractivity contribution in [3.8, 4) is 11.5 Å². The summed E-state index contributed by atoms with van der Waals surface area (Å²) in [5.41, 5.74) is -0.453. The molecule has 4 aliphatic rings. The molecule has 7 heteroatoms. The molecule has 5 rings (SSSR count). The third-order valence-electron chi connectivity index (χ3n) is 5.12. The highest BCUT2D eigenvalue weighted by Gasteiger charge is 2.78. The van der Waals surface area contributed by atoms with Crippen molar-refractivity contribution in [3.05, 3.63) is 24.3 Å². The van der Waals surface area contributed by atoms with E-state index >= 15 is 0 Å². The maximum Gasteiger partial charge on any atom is 0.601 e. The normalized spacial score (nSPS) is 42.3. The Hall–Kier alpha value is -1.28. The molecule has 0 radical (unpaired) electrons. The third-order valence-corrected chi connectivity index (χ3v) is 5.12. The van der Waals surface area contributed by atoms with E-state index < -0.39 is 17.7 Å². The van der Waals surface area contributed by atoms with E-state index in [1.54, 1.807) is 7.11 Å². The van der Waals surface area contributed by atoms with Gasteiger partial charge in [0.25, 0.3) is 0 Å². The van der Waals surface area contributed by atoms with Gasteiger partial charge in [0, 0.05) is 7.11 Å². The summed E-state index contributed by atoms with van der Waals surface area (Å²) in [5.74, 6) is 1.03. The molecule has 1 aromatic rings. The van der Waals surface area contributed by atoms with Crippen LogP contribution in [0.5, 0.6) is 11.5 Å². The van der Waals surface area contributed by atoms with Crippen LogP contribution < -0.4 is 9.31 Å². The Labute approximate surface area is 135 Å². The molecule has 0 N–H and O–H groups in total. The van der Waals surface area contributed by atoms with Crippen molar-refractivity contribution in [2.24, 2.45) is 0 Å². The van der Waals surface area contributed by atoms with Crippen molar-refractivity contribution in [2.75, 3.05) is 7.11 Å². The number of benzene rings is 1. The molecule has 122 valence electrons. The van der Waals surface area contributed by atoms with Crippen LogP contribution in [0.3, 0.4) is 0 Å². The molecule has 3 heterocycles. The summed E-state index contributed by atoms with van der Waals surface area (Å²) < 4.78 is 35.6. The largest absolute Gasteiger partial charge is 0.601 e. The number of rotatable bonds is 2. The van der Waals surface area contributed by atoms with Gasteiger partial charge in [-0.3, -0.25) is 0 Å². The first kappa shape index (κ1) is 14.1. The molecule has 1 aliphatic carbocycles. The number of hydrogen-bond acceptors (Lipinski definition) is 6. The Morgan fingerprint density at radius 1 is 1.09 bits per heavy atom. The van der Waals surface area contributed by atoms with Crippen molar-refractivity contribution in [1.82, 2.24) is 0 Å². The SMILES string of the molecule is CO[C@@H]1O[C@@]2(CC2B2Oc3ccccc3O2)C2OC(C)(C)O[C@@H]21. The van der Waals surface area contributed by atoms with Gasteiger partial charge in [0.15, 0.2) is 12.1 Å². The minimum absolute atomic E-state index is 0.0973. The van der Waals surface area contributed by atoms with E-state index in [1.807, 2.05) is 38.1 Å². The summed E-state index contributed by atoms with van der Waals surface area (Å²) in [6.45, 7) is 3.84. The quantitative estimate of drug-likeness (QED) is 0.777. The van der Waals surface area contributed by atoms with Gasteiger partial charge in [-0.05, 0) is 32.4 Å². The number of ether oxygens (including phenoxy) is 4. The molecule has 6 nitrogen and oxygen atoms in total. The lowest BCUT2D eigenvalue weighted by molar-refractivity contribution is -0.232. The number of methoxy groups -OCH3 is 1. The first-order chi connectivity index (χ1) is 11.0. The van der Waals surface area contributed by atoms with Crippen LogP contribution >= 0.6 is 0 Å². The lowest BCUT2D eigenvalue weighted by atomic mass is 9.79. The second-order valence-electron chi connectivity index (χ2n) is 7.06. The maximum atomic E-state index is 6.16. The van der Waals surface area contributed by atoms with E-state index in [0.717, 1.165) is 17.9 Å². The maximum absolute atomic E-state index is 6.16. The molecule has 3 aliphatic heterocycles. The van der Waals surface area contributed by atoms with Gasteiger partial charge in [-0.25, -0.2) is 0 Å². The summed E-state index contributed by atoms with van der Waals surface area (Å²) in [6, 6.07) is 7.71. The van der Waals surface area contributed by atoms with E-state index in [4.69, 9.17) is 28.3 Å². The monoisotopic (exact) mass is 318 g/mol. The van der Waals surface area contributed by atoms with E-state index in [2.05, 4.69) is 0 Å². The third kappa shape index (κ3) is 1.91. The van der Waals surface area contributed by atoms with Crippen LogP contribution in [0, 0.1) is 0 Å². The van der Waals surface area contributed by atoms with Crippen LogP contribution in [0.1, 0.15) is 20.3 Å². The Morgan fingerprint density at radius 3 is 2.43 bits per heavy atom. The highest BCUT2D eigenvalue weighted by Crippen LogP contribution is 2.65. The zero-order valence-electron chi connectivity index (χ0n) is 13.4. The van der Waals surface area contributed by atoms with Gasteiger partial charge in [0.1, 0.15) is 29.3 Å². The Morgan fingerprint density at radius 2 is 1.78 bits per heavy atom. The smallest absolute Gasteiger partial charge is 0.523 e. The standard InChI is InChI=1S/C16H19BO6/c1-15(2)19-12-13(20-15)16(21-14(12)18-3)8-11(16)17-22-9-6-4-5-7-10(9)23-17/h4-7,11-14H,8H2,1-3H3/t11?,12-,13?,14+,16+/m0/s1. The van der Waals surface area contributed by atoms with Gasteiger partial charge in [0.05, 0.1) is 5.82 Å². The summed E-state index contributed by atoms with van der Waals surface area (Å²) >= 11 is 0. The minimum atomic E-state index is -0.629. The van der Waals surface area contributed by atoms with Crippen molar-refractivity contribution in [3.63, 3.8) is 0 Å². The molecule has 1 saturated carbocycles. The van der Waals surface area contributed by atoms with Crippen LogP contribution in [-0.4, -0.2) is 44.1 Å². The Kier molecular flexibility index (Phi) is 2.71. The summed E-state index contributed by atoms with van der Waals surface area (Å²) in [4.78, 5) is 0. The summed E-state index contributed by atoms with van der Waals surface area (Å²) in [6.07, 6.45) is 0.00857. The molecule has 0 amide bonds. The van der Waals surface area contributed by atoms with Gasteiger partial charge >= 0.3 is 7.12 Å². The van der Waals surface area contributed by atoms with E-state index in [-0.39, 0.29) is 25.1 Å². The lowest BCUT2D eigenvalue weighted by Gasteiger charge is -2.24. The van der Waals surface area contributed by atoms with Crippen LogP contribution in [0.15, 0.2) is 24.3 Å². The minimum Gasteiger partial charge on any atom is -0.523 e. The second kappa shape index (κ2) is 4.42. The fraction of sp³-hybridized carbons (Fsp3) is 0.625. The molecule has 0 aromatic heterocycles. The molecular weight excluding hydrogens is 299 g/mol. The van der Waals surface area contributed by atoms with Crippen LogP contribution in [-0.2, 0) is 18.9 Å². The molecular formula is C16H19BO6. The molecule has 2 unspecified atom stereocenters. The molecule has 5 atom stereocenters. The average molecular weight is 318 g/mol. The predicted molar refractivity (Wildman–Crippen MR) is 80.3 cm³/mol. The Balaban J connectivity index is 1.39. The topological polar surface area (TPSA) is 55.4 Å². The molecule has 1 spiro atoms. The zero-order valence-corrected chi connectivity index (χ0v) is 13.4. The van der Waals surface area contributed by atoms with Crippen LogP contribution in [0.25, 0.3) is 0 Å². The molecule has 1 aromatic carbocycles. The van der Waals surface area contributed by atoms with Gasteiger partial charge in [-0.1, -0.05) is 12.1 Å². The fourth-order valence-corrected chi connectivity index (χ4v) is 4.06. The zero-order chi connectivity index (χ0) is 15.8.